The zero-order chi connectivity index (χ0) is 19.5. The molecule has 0 saturated carbocycles. The molecule has 1 N–H and O–H groups in total. The first kappa shape index (κ1) is 17.8. The van der Waals surface area contributed by atoms with Crippen molar-refractivity contribution in [3.05, 3.63) is 84.2 Å². The number of imidazole rings is 1. The van der Waals surface area contributed by atoms with Crippen molar-refractivity contribution in [1.29, 1.82) is 0 Å². The Morgan fingerprint density at radius 1 is 1.04 bits per heavy atom. The fourth-order valence-corrected chi connectivity index (χ4v) is 3.02. The number of hydrogen-bond donors (Lipinski definition) is 1. The van der Waals surface area contributed by atoms with Crippen LogP contribution in [0.3, 0.4) is 0 Å². The molecule has 140 valence electrons. The summed E-state index contributed by atoms with van der Waals surface area (Å²) in [6.45, 7) is 4.01. The maximum atomic E-state index is 12.4. The van der Waals surface area contributed by atoms with E-state index in [1.807, 2.05) is 91.3 Å². The second-order valence-electron chi connectivity index (χ2n) is 6.72. The van der Waals surface area contributed by atoms with E-state index in [4.69, 9.17) is 4.74 Å². The van der Waals surface area contributed by atoms with Crippen LogP contribution in [0.2, 0.25) is 0 Å². The number of aryl methyl sites for hydroxylation is 2. The number of carbonyl (C=O) groups is 1. The van der Waals surface area contributed by atoms with Crippen molar-refractivity contribution in [2.24, 2.45) is 0 Å². The van der Waals surface area contributed by atoms with Gasteiger partial charge >= 0.3 is 0 Å². The molecule has 1 amide bonds. The number of fused-ring (bicyclic) bond motifs is 1. The van der Waals surface area contributed by atoms with Gasteiger partial charge in [-0.05, 0) is 55.3 Å². The van der Waals surface area contributed by atoms with Gasteiger partial charge in [0.2, 0.25) is 0 Å². The SMILES string of the molecule is Cc1ccc(OCC(=O)Nc2ccccc2-c2cn3ccccc3n2)cc1C. The summed E-state index contributed by atoms with van der Waals surface area (Å²) in [4.78, 5) is 17.1. The van der Waals surface area contributed by atoms with Gasteiger partial charge in [-0.15, -0.1) is 0 Å². The maximum Gasteiger partial charge on any atom is 0.262 e. The molecule has 2 aromatic heterocycles. The third-order valence-corrected chi connectivity index (χ3v) is 4.69. The molecule has 0 atom stereocenters. The lowest BCUT2D eigenvalue weighted by atomic mass is 10.1. The lowest BCUT2D eigenvalue weighted by Gasteiger charge is -2.11. The van der Waals surface area contributed by atoms with E-state index in [0.29, 0.717) is 11.4 Å². The minimum Gasteiger partial charge on any atom is -0.484 e. The molecular weight excluding hydrogens is 350 g/mol. The standard InChI is InChI=1S/C23H21N3O2/c1-16-10-11-18(13-17(16)2)28-15-23(27)25-20-8-4-3-7-19(20)21-14-26-12-6-5-9-22(26)24-21/h3-14H,15H2,1-2H3,(H,25,27). The first-order valence-electron chi connectivity index (χ1n) is 9.13. The fraction of sp³-hybridized carbons (Fsp3) is 0.130. The molecule has 0 spiro atoms. The second kappa shape index (κ2) is 7.56. The van der Waals surface area contributed by atoms with E-state index in [1.54, 1.807) is 0 Å². The number of nitrogens with one attached hydrogen (secondary N) is 1. The number of nitrogens with zero attached hydrogens (tertiary/aromatic N) is 2. The fourth-order valence-electron chi connectivity index (χ4n) is 3.02. The quantitative estimate of drug-likeness (QED) is 0.556. The van der Waals surface area contributed by atoms with E-state index in [2.05, 4.69) is 10.3 Å². The Kier molecular flexibility index (Phi) is 4.81. The van der Waals surface area contributed by atoms with Crippen molar-refractivity contribution in [1.82, 2.24) is 9.38 Å². The zero-order valence-electron chi connectivity index (χ0n) is 15.8. The largest absolute Gasteiger partial charge is 0.484 e. The van der Waals surface area contributed by atoms with E-state index < -0.39 is 0 Å². The minimum atomic E-state index is -0.213. The van der Waals surface area contributed by atoms with Crippen LogP contribution in [0.5, 0.6) is 5.75 Å². The molecule has 5 nitrogen and oxygen atoms in total. The first-order chi connectivity index (χ1) is 13.6. The number of carbonyl (C=O) groups excluding carboxylic acids is 1. The van der Waals surface area contributed by atoms with Crippen LogP contribution in [0.4, 0.5) is 5.69 Å². The normalized spacial score (nSPS) is 10.8. The maximum absolute atomic E-state index is 12.4. The van der Waals surface area contributed by atoms with Crippen LogP contribution in [0.25, 0.3) is 16.9 Å². The van der Waals surface area contributed by atoms with E-state index in [9.17, 15) is 4.79 Å². The van der Waals surface area contributed by atoms with Gasteiger partial charge in [-0.2, -0.15) is 0 Å². The molecular formula is C23H21N3O2. The summed E-state index contributed by atoms with van der Waals surface area (Å²) in [6, 6.07) is 19.3. The molecule has 0 fully saturated rings. The highest BCUT2D eigenvalue weighted by molar-refractivity contribution is 5.96. The monoisotopic (exact) mass is 371 g/mol. The molecule has 0 aliphatic carbocycles. The van der Waals surface area contributed by atoms with Crippen LogP contribution in [-0.2, 0) is 4.79 Å². The number of benzene rings is 2. The number of pyridine rings is 1. The minimum absolute atomic E-state index is 0.0536. The summed E-state index contributed by atoms with van der Waals surface area (Å²) >= 11 is 0. The van der Waals surface area contributed by atoms with Gasteiger partial charge < -0.3 is 14.5 Å². The van der Waals surface area contributed by atoms with Crippen molar-refractivity contribution in [3.63, 3.8) is 0 Å². The summed E-state index contributed by atoms with van der Waals surface area (Å²) in [5.41, 5.74) is 5.56. The highest BCUT2D eigenvalue weighted by atomic mass is 16.5. The van der Waals surface area contributed by atoms with Crippen molar-refractivity contribution in [2.45, 2.75) is 13.8 Å². The molecule has 0 unspecified atom stereocenters. The van der Waals surface area contributed by atoms with Crippen LogP contribution < -0.4 is 10.1 Å². The molecule has 4 aromatic rings. The van der Waals surface area contributed by atoms with Gasteiger partial charge in [-0.25, -0.2) is 4.98 Å². The van der Waals surface area contributed by atoms with E-state index in [0.717, 1.165) is 22.5 Å². The summed E-state index contributed by atoms with van der Waals surface area (Å²) in [5, 5.41) is 2.94. The van der Waals surface area contributed by atoms with Crippen LogP contribution in [0.15, 0.2) is 73.1 Å². The number of para-hydroxylation sites is 1. The van der Waals surface area contributed by atoms with Crippen LogP contribution in [-0.4, -0.2) is 21.9 Å². The zero-order valence-corrected chi connectivity index (χ0v) is 15.8. The summed E-state index contributed by atoms with van der Waals surface area (Å²) in [6.07, 6.45) is 3.90. The Morgan fingerprint density at radius 3 is 2.68 bits per heavy atom. The molecule has 0 bridgehead atoms. The summed E-state index contributed by atoms with van der Waals surface area (Å²) < 4.78 is 7.59. The molecule has 4 rings (SSSR count). The number of hydrogen-bond acceptors (Lipinski definition) is 3. The number of aromatic nitrogens is 2. The lowest BCUT2D eigenvalue weighted by Crippen LogP contribution is -2.20. The summed E-state index contributed by atoms with van der Waals surface area (Å²) in [7, 11) is 0. The molecule has 0 saturated heterocycles. The Labute approximate surface area is 163 Å². The molecule has 0 aliphatic heterocycles. The van der Waals surface area contributed by atoms with Crippen LogP contribution >= 0.6 is 0 Å². The molecule has 2 aromatic carbocycles. The van der Waals surface area contributed by atoms with Gasteiger partial charge in [-0.1, -0.05) is 30.3 Å². The predicted octanol–water partition coefficient (Wildman–Crippen LogP) is 4.64. The Morgan fingerprint density at radius 2 is 1.86 bits per heavy atom. The first-order valence-corrected chi connectivity index (χ1v) is 9.13. The molecule has 2 heterocycles. The molecule has 28 heavy (non-hydrogen) atoms. The third-order valence-electron chi connectivity index (χ3n) is 4.69. The number of amides is 1. The Bertz CT molecular complexity index is 1110. The topological polar surface area (TPSA) is 55.6 Å². The van der Waals surface area contributed by atoms with Gasteiger partial charge in [0, 0.05) is 18.0 Å². The molecule has 0 radical (unpaired) electrons. The number of ether oxygens (including phenoxy) is 1. The highest BCUT2D eigenvalue weighted by Crippen LogP contribution is 2.27. The van der Waals surface area contributed by atoms with Gasteiger partial charge in [0.05, 0.1) is 11.4 Å². The van der Waals surface area contributed by atoms with Gasteiger partial charge in [0.15, 0.2) is 6.61 Å². The molecule has 5 heteroatoms. The Hall–Kier alpha value is -3.60. The van der Waals surface area contributed by atoms with E-state index >= 15 is 0 Å². The van der Waals surface area contributed by atoms with Crippen LogP contribution in [0.1, 0.15) is 11.1 Å². The van der Waals surface area contributed by atoms with Gasteiger partial charge in [-0.3, -0.25) is 4.79 Å². The third kappa shape index (κ3) is 3.74. The second-order valence-corrected chi connectivity index (χ2v) is 6.72. The predicted molar refractivity (Wildman–Crippen MR) is 111 cm³/mol. The van der Waals surface area contributed by atoms with Gasteiger partial charge in [0.1, 0.15) is 11.4 Å². The summed E-state index contributed by atoms with van der Waals surface area (Å²) in [5.74, 6) is 0.473. The van der Waals surface area contributed by atoms with Gasteiger partial charge in [0.25, 0.3) is 5.91 Å². The number of rotatable bonds is 5. The smallest absolute Gasteiger partial charge is 0.262 e. The van der Waals surface area contributed by atoms with Crippen molar-refractivity contribution in [2.75, 3.05) is 11.9 Å². The Balaban J connectivity index is 1.50. The number of anilines is 1. The lowest BCUT2D eigenvalue weighted by molar-refractivity contribution is -0.118. The van der Waals surface area contributed by atoms with Crippen molar-refractivity contribution < 1.29 is 9.53 Å². The highest BCUT2D eigenvalue weighted by Gasteiger charge is 2.12. The van der Waals surface area contributed by atoms with Crippen molar-refractivity contribution in [3.8, 4) is 17.0 Å². The average molecular weight is 371 g/mol. The van der Waals surface area contributed by atoms with E-state index in [1.165, 1.54) is 5.56 Å². The average Bonchev–Trinajstić information content (AvgIpc) is 3.13. The van der Waals surface area contributed by atoms with Crippen molar-refractivity contribution >= 4 is 17.2 Å². The van der Waals surface area contributed by atoms with Crippen LogP contribution in [0, 0.1) is 13.8 Å². The van der Waals surface area contributed by atoms with E-state index in [-0.39, 0.29) is 12.5 Å². The molecule has 0 aliphatic rings.